The van der Waals surface area contributed by atoms with E-state index >= 15 is 0 Å². The maximum atomic E-state index is 10.2. The lowest BCUT2D eigenvalue weighted by atomic mass is 9.99. The molecule has 1 saturated carbocycles. The third-order valence-electron chi connectivity index (χ3n) is 3.16. The Bertz CT molecular complexity index is 315. The van der Waals surface area contributed by atoms with Gasteiger partial charge in [-0.1, -0.05) is 13.8 Å². The molecule has 3 nitrogen and oxygen atoms in total. The molecule has 1 aromatic heterocycles. The van der Waals surface area contributed by atoms with Gasteiger partial charge in [0.25, 0.3) is 0 Å². The van der Waals surface area contributed by atoms with E-state index in [-0.39, 0.29) is 11.5 Å². The number of aromatic nitrogens is 2. The van der Waals surface area contributed by atoms with E-state index in [1.807, 2.05) is 10.7 Å². The van der Waals surface area contributed by atoms with Crippen molar-refractivity contribution in [3.8, 4) is 0 Å². The van der Waals surface area contributed by atoms with Crippen molar-refractivity contribution in [2.75, 3.05) is 0 Å². The Morgan fingerprint density at radius 2 is 2.36 bits per heavy atom. The smallest absolute Gasteiger partial charge is 0.101 e. The highest BCUT2D eigenvalue weighted by Gasteiger charge is 2.45. The quantitative estimate of drug-likeness (QED) is 0.797. The Kier molecular flexibility index (Phi) is 2.35. The summed E-state index contributed by atoms with van der Waals surface area (Å²) < 4.78 is 1.92. The lowest BCUT2D eigenvalue weighted by Gasteiger charge is -2.18. The largest absolute Gasteiger partial charge is 0.386 e. The van der Waals surface area contributed by atoms with Crippen molar-refractivity contribution in [2.24, 2.45) is 5.41 Å². The standard InChI is InChI=1S/C11H18N2O/c1-3-8-13-9(4-7-12-13)10(14)11(2)5-6-11/h4,7,10,14H,3,5-6,8H2,1-2H3. The van der Waals surface area contributed by atoms with Gasteiger partial charge in [-0.3, -0.25) is 4.68 Å². The molecule has 1 N–H and O–H groups in total. The predicted octanol–water partition coefficient (Wildman–Crippen LogP) is 2.13. The molecule has 0 radical (unpaired) electrons. The number of hydrogen-bond donors (Lipinski definition) is 1. The van der Waals surface area contributed by atoms with Crippen LogP contribution in [0.5, 0.6) is 0 Å². The summed E-state index contributed by atoms with van der Waals surface area (Å²) in [6.45, 7) is 5.16. The summed E-state index contributed by atoms with van der Waals surface area (Å²) >= 11 is 0. The molecule has 0 aliphatic heterocycles. The van der Waals surface area contributed by atoms with Crippen LogP contribution in [0.15, 0.2) is 12.3 Å². The van der Waals surface area contributed by atoms with Gasteiger partial charge in [-0.15, -0.1) is 0 Å². The van der Waals surface area contributed by atoms with Crippen molar-refractivity contribution in [1.29, 1.82) is 0 Å². The molecule has 3 heteroatoms. The zero-order valence-corrected chi connectivity index (χ0v) is 8.90. The first-order valence-corrected chi connectivity index (χ1v) is 5.37. The number of rotatable bonds is 4. The van der Waals surface area contributed by atoms with Crippen LogP contribution in [-0.4, -0.2) is 14.9 Å². The maximum absolute atomic E-state index is 10.2. The van der Waals surface area contributed by atoms with Crippen LogP contribution in [0.25, 0.3) is 0 Å². The average molecular weight is 194 g/mol. The Balaban J connectivity index is 2.18. The van der Waals surface area contributed by atoms with Crippen LogP contribution in [0, 0.1) is 5.41 Å². The number of aliphatic hydroxyl groups is 1. The Morgan fingerprint density at radius 1 is 1.64 bits per heavy atom. The molecular formula is C11H18N2O. The van der Waals surface area contributed by atoms with E-state index < -0.39 is 0 Å². The van der Waals surface area contributed by atoms with Gasteiger partial charge in [-0.05, 0) is 30.7 Å². The van der Waals surface area contributed by atoms with Crippen LogP contribution >= 0.6 is 0 Å². The van der Waals surface area contributed by atoms with Crippen LogP contribution in [0.2, 0.25) is 0 Å². The molecule has 1 aliphatic carbocycles. The summed E-state index contributed by atoms with van der Waals surface area (Å²) in [7, 11) is 0. The number of aliphatic hydroxyl groups excluding tert-OH is 1. The fourth-order valence-electron chi connectivity index (χ4n) is 1.80. The highest BCUT2D eigenvalue weighted by molar-refractivity contribution is 5.12. The summed E-state index contributed by atoms with van der Waals surface area (Å²) in [5.74, 6) is 0. The predicted molar refractivity (Wildman–Crippen MR) is 54.8 cm³/mol. The molecule has 1 aromatic rings. The number of nitrogens with zero attached hydrogens (tertiary/aromatic N) is 2. The lowest BCUT2D eigenvalue weighted by Crippen LogP contribution is -2.15. The second-order valence-corrected chi connectivity index (χ2v) is 4.54. The third-order valence-corrected chi connectivity index (χ3v) is 3.16. The van der Waals surface area contributed by atoms with E-state index in [1.54, 1.807) is 6.20 Å². The molecule has 0 spiro atoms. The van der Waals surface area contributed by atoms with E-state index in [0.717, 1.165) is 31.5 Å². The van der Waals surface area contributed by atoms with E-state index in [9.17, 15) is 5.11 Å². The van der Waals surface area contributed by atoms with Crippen LogP contribution in [0.3, 0.4) is 0 Å². The van der Waals surface area contributed by atoms with Crippen LogP contribution in [0.4, 0.5) is 0 Å². The zero-order chi connectivity index (χ0) is 10.2. The van der Waals surface area contributed by atoms with Gasteiger partial charge < -0.3 is 5.11 Å². The fraction of sp³-hybridized carbons (Fsp3) is 0.727. The van der Waals surface area contributed by atoms with Crippen molar-refractivity contribution in [3.05, 3.63) is 18.0 Å². The third kappa shape index (κ3) is 1.57. The molecule has 78 valence electrons. The average Bonchev–Trinajstić information content (AvgIpc) is 2.76. The van der Waals surface area contributed by atoms with Gasteiger partial charge in [0.15, 0.2) is 0 Å². The molecule has 14 heavy (non-hydrogen) atoms. The van der Waals surface area contributed by atoms with Gasteiger partial charge in [-0.25, -0.2) is 0 Å². The van der Waals surface area contributed by atoms with Crippen LogP contribution in [-0.2, 0) is 6.54 Å². The second kappa shape index (κ2) is 3.39. The summed E-state index contributed by atoms with van der Waals surface area (Å²) in [6.07, 6.45) is 4.76. The normalized spacial score (nSPS) is 20.8. The first-order chi connectivity index (χ1) is 6.67. The highest BCUT2D eigenvalue weighted by atomic mass is 16.3. The van der Waals surface area contributed by atoms with E-state index in [4.69, 9.17) is 0 Å². The van der Waals surface area contributed by atoms with Gasteiger partial charge >= 0.3 is 0 Å². The molecule has 1 atom stereocenters. The van der Waals surface area contributed by atoms with E-state index in [2.05, 4.69) is 18.9 Å². The molecular weight excluding hydrogens is 176 g/mol. The highest BCUT2D eigenvalue weighted by Crippen LogP contribution is 2.54. The molecule has 0 amide bonds. The fourth-order valence-corrected chi connectivity index (χ4v) is 1.80. The molecule has 0 saturated heterocycles. The minimum absolute atomic E-state index is 0.117. The molecule has 0 bridgehead atoms. The zero-order valence-electron chi connectivity index (χ0n) is 8.90. The monoisotopic (exact) mass is 194 g/mol. The van der Waals surface area contributed by atoms with Crippen molar-refractivity contribution in [1.82, 2.24) is 9.78 Å². The van der Waals surface area contributed by atoms with Crippen molar-refractivity contribution >= 4 is 0 Å². The molecule has 1 fully saturated rings. The summed E-state index contributed by atoms with van der Waals surface area (Å²) in [5.41, 5.74) is 1.10. The van der Waals surface area contributed by atoms with Gasteiger partial charge in [0, 0.05) is 12.7 Å². The van der Waals surface area contributed by atoms with Crippen LogP contribution in [0.1, 0.15) is 44.9 Å². The minimum Gasteiger partial charge on any atom is -0.386 e. The SMILES string of the molecule is CCCn1nccc1C(O)C1(C)CC1. The van der Waals surface area contributed by atoms with E-state index in [0.29, 0.717) is 0 Å². The Labute approximate surface area is 84.7 Å². The summed E-state index contributed by atoms with van der Waals surface area (Å²) in [4.78, 5) is 0. The van der Waals surface area contributed by atoms with Crippen molar-refractivity contribution in [2.45, 2.75) is 45.8 Å². The first-order valence-electron chi connectivity index (χ1n) is 5.37. The van der Waals surface area contributed by atoms with Crippen LogP contribution < -0.4 is 0 Å². The van der Waals surface area contributed by atoms with Gasteiger partial charge in [0.05, 0.1) is 5.69 Å². The number of aryl methyl sites for hydroxylation is 1. The first kappa shape index (κ1) is 9.71. The van der Waals surface area contributed by atoms with Gasteiger partial charge in [0.1, 0.15) is 6.10 Å². The lowest BCUT2D eigenvalue weighted by molar-refractivity contribution is 0.0940. The molecule has 1 heterocycles. The summed E-state index contributed by atoms with van der Waals surface area (Å²) in [5, 5.41) is 14.4. The number of hydrogen-bond acceptors (Lipinski definition) is 2. The van der Waals surface area contributed by atoms with E-state index in [1.165, 1.54) is 0 Å². The molecule has 2 rings (SSSR count). The van der Waals surface area contributed by atoms with Gasteiger partial charge in [-0.2, -0.15) is 5.10 Å². The Morgan fingerprint density at radius 3 is 2.93 bits per heavy atom. The topological polar surface area (TPSA) is 38.0 Å². The second-order valence-electron chi connectivity index (χ2n) is 4.54. The molecule has 1 aliphatic rings. The van der Waals surface area contributed by atoms with Gasteiger partial charge in [0.2, 0.25) is 0 Å². The summed E-state index contributed by atoms with van der Waals surface area (Å²) in [6, 6.07) is 1.93. The van der Waals surface area contributed by atoms with Crippen molar-refractivity contribution in [3.63, 3.8) is 0 Å². The molecule has 0 aromatic carbocycles. The minimum atomic E-state index is -0.337. The van der Waals surface area contributed by atoms with Crippen molar-refractivity contribution < 1.29 is 5.11 Å². The molecule has 1 unspecified atom stereocenters. The maximum Gasteiger partial charge on any atom is 0.101 e. The Hall–Kier alpha value is -0.830.